The van der Waals surface area contributed by atoms with Crippen molar-refractivity contribution in [3.05, 3.63) is 100 Å². The van der Waals surface area contributed by atoms with Crippen LogP contribution in [-0.2, 0) is 17.8 Å². The third-order valence-corrected chi connectivity index (χ3v) is 8.16. The molecule has 2 amide bonds. The van der Waals surface area contributed by atoms with Crippen LogP contribution in [0.15, 0.2) is 66.7 Å². The number of piperidine rings is 1. The summed E-state index contributed by atoms with van der Waals surface area (Å²) < 4.78 is 14.3. The number of aryl methyl sites for hydroxylation is 2. The molecule has 5 rings (SSSR count). The van der Waals surface area contributed by atoms with Crippen molar-refractivity contribution in [3.8, 4) is 0 Å². The van der Waals surface area contributed by atoms with Crippen molar-refractivity contribution in [2.75, 3.05) is 24.5 Å². The zero-order valence-electron chi connectivity index (χ0n) is 23.5. The Bertz CT molecular complexity index is 1330. The van der Waals surface area contributed by atoms with Crippen LogP contribution in [0.2, 0.25) is 0 Å². The van der Waals surface area contributed by atoms with Crippen molar-refractivity contribution < 1.29 is 14.0 Å². The smallest absolute Gasteiger partial charge is 0.251 e. The number of nitrogens with one attached hydrogen (secondary N) is 1. The monoisotopic (exact) mass is 563 g/mol. The van der Waals surface area contributed by atoms with Crippen LogP contribution in [0.5, 0.6) is 0 Å². The van der Waals surface area contributed by atoms with Crippen molar-refractivity contribution in [1.29, 1.82) is 0 Å². The molecular weight excluding hydrogens is 525 g/mol. The van der Waals surface area contributed by atoms with Crippen molar-refractivity contribution in [2.45, 2.75) is 52.6 Å². The predicted octanol–water partition coefficient (Wildman–Crippen LogP) is 6.10. The van der Waals surface area contributed by atoms with E-state index in [2.05, 4.69) is 34.5 Å². The molecule has 3 atom stereocenters. The summed E-state index contributed by atoms with van der Waals surface area (Å²) >= 11 is 0. The van der Waals surface area contributed by atoms with E-state index in [1.807, 2.05) is 56.0 Å². The van der Waals surface area contributed by atoms with Crippen LogP contribution in [0.4, 0.5) is 10.1 Å². The van der Waals surface area contributed by atoms with Gasteiger partial charge in [-0.05, 0) is 79.5 Å². The Labute approximate surface area is 243 Å². The summed E-state index contributed by atoms with van der Waals surface area (Å²) in [5.74, 6) is -0.152. The van der Waals surface area contributed by atoms with E-state index in [1.54, 1.807) is 6.07 Å². The van der Waals surface area contributed by atoms with Crippen molar-refractivity contribution in [2.24, 2.45) is 11.8 Å². The van der Waals surface area contributed by atoms with E-state index < -0.39 is 0 Å². The summed E-state index contributed by atoms with van der Waals surface area (Å²) in [6.45, 7) is 9.12. The highest BCUT2D eigenvalue weighted by atomic mass is 35.5. The summed E-state index contributed by atoms with van der Waals surface area (Å²) in [6.07, 6.45) is 2.27. The maximum atomic E-state index is 14.3. The van der Waals surface area contributed by atoms with Gasteiger partial charge >= 0.3 is 0 Å². The number of nitrogens with zero attached hydrogens (tertiary/aromatic N) is 2. The molecule has 1 unspecified atom stereocenters. The van der Waals surface area contributed by atoms with Gasteiger partial charge in [-0.1, -0.05) is 55.5 Å². The van der Waals surface area contributed by atoms with Gasteiger partial charge in [0, 0.05) is 49.4 Å². The summed E-state index contributed by atoms with van der Waals surface area (Å²) in [5.41, 5.74) is 5.28. The first-order valence-electron chi connectivity index (χ1n) is 14.0. The van der Waals surface area contributed by atoms with E-state index in [-0.39, 0.29) is 47.9 Å². The van der Waals surface area contributed by atoms with Gasteiger partial charge in [-0.3, -0.25) is 14.5 Å². The van der Waals surface area contributed by atoms with Crippen LogP contribution in [-0.4, -0.2) is 42.4 Å². The third kappa shape index (κ3) is 6.73. The number of anilines is 1. The van der Waals surface area contributed by atoms with Crippen LogP contribution in [0.1, 0.15) is 52.4 Å². The lowest BCUT2D eigenvalue weighted by molar-refractivity contribution is -0.124. The zero-order chi connectivity index (χ0) is 27.5. The molecule has 7 heteroatoms. The Morgan fingerprint density at radius 3 is 2.38 bits per heavy atom. The summed E-state index contributed by atoms with van der Waals surface area (Å²) in [7, 11) is 0. The molecule has 0 spiro atoms. The van der Waals surface area contributed by atoms with Gasteiger partial charge in [0.25, 0.3) is 5.91 Å². The Hall–Kier alpha value is -3.22. The average molecular weight is 564 g/mol. The maximum Gasteiger partial charge on any atom is 0.251 e. The van der Waals surface area contributed by atoms with Crippen molar-refractivity contribution >= 4 is 29.9 Å². The molecule has 3 aromatic rings. The second-order valence-corrected chi connectivity index (χ2v) is 11.4. The average Bonchev–Trinajstić information content (AvgIpc) is 3.34. The maximum absolute atomic E-state index is 14.3. The minimum absolute atomic E-state index is 0. The predicted molar refractivity (Wildman–Crippen MR) is 160 cm³/mol. The molecule has 40 heavy (non-hydrogen) atoms. The minimum atomic E-state index is -0.193. The molecule has 2 fully saturated rings. The van der Waals surface area contributed by atoms with Crippen LogP contribution >= 0.6 is 12.4 Å². The molecule has 2 aliphatic heterocycles. The molecule has 0 bridgehead atoms. The quantitative estimate of drug-likeness (QED) is 0.378. The molecule has 5 nitrogen and oxygen atoms in total. The minimum Gasteiger partial charge on any atom is -0.348 e. The Morgan fingerprint density at radius 1 is 1.00 bits per heavy atom. The van der Waals surface area contributed by atoms with E-state index in [1.165, 1.54) is 11.6 Å². The third-order valence-electron chi connectivity index (χ3n) is 8.16. The number of hydrogen-bond donors (Lipinski definition) is 1. The first kappa shape index (κ1) is 29.8. The normalized spacial score (nSPS) is 21.2. The largest absolute Gasteiger partial charge is 0.348 e. The first-order chi connectivity index (χ1) is 18.8. The van der Waals surface area contributed by atoms with Gasteiger partial charge in [-0.2, -0.15) is 0 Å². The van der Waals surface area contributed by atoms with Crippen LogP contribution in [0, 0.1) is 31.5 Å². The number of rotatable bonds is 7. The van der Waals surface area contributed by atoms with Gasteiger partial charge in [0.15, 0.2) is 0 Å². The summed E-state index contributed by atoms with van der Waals surface area (Å²) in [4.78, 5) is 30.7. The first-order valence-corrected chi connectivity index (χ1v) is 14.0. The second-order valence-electron chi connectivity index (χ2n) is 11.4. The molecule has 0 aromatic heterocycles. The fourth-order valence-corrected chi connectivity index (χ4v) is 6.33. The molecule has 0 radical (unpaired) electrons. The molecule has 1 N–H and O–H groups in total. The lowest BCUT2D eigenvalue weighted by atomic mass is 9.84. The highest BCUT2D eigenvalue weighted by Gasteiger charge is 2.34. The molecule has 2 aliphatic rings. The lowest BCUT2D eigenvalue weighted by Gasteiger charge is -2.38. The lowest BCUT2D eigenvalue weighted by Crippen LogP contribution is -2.46. The Balaban J connectivity index is 0.00000370. The van der Waals surface area contributed by atoms with Gasteiger partial charge in [-0.25, -0.2) is 4.39 Å². The zero-order valence-corrected chi connectivity index (χ0v) is 24.3. The van der Waals surface area contributed by atoms with E-state index in [0.29, 0.717) is 24.1 Å². The molecule has 2 saturated heterocycles. The SMILES string of the molecule is Cc1cc(C(=O)NC2CCN(Cc3ccccc3)C2)cc(C)c1N1C[C@@H](Cc2ccccc2F)C[C@@H](C)C1=O.Cl. The van der Waals surface area contributed by atoms with Gasteiger partial charge < -0.3 is 10.2 Å². The van der Waals surface area contributed by atoms with E-state index >= 15 is 0 Å². The fourth-order valence-electron chi connectivity index (χ4n) is 6.33. The van der Waals surface area contributed by atoms with Crippen LogP contribution in [0.3, 0.4) is 0 Å². The van der Waals surface area contributed by atoms with Crippen LogP contribution < -0.4 is 10.2 Å². The van der Waals surface area contributed by atoms with Gasteiger partial charge in [0.05, 0.1) is 0 Å². The van der Waals surface area contributed by atoms with Crippen molar-refractivity contribution in [3.63, 3.8) is 0 Å². The molecule has 3 aromatic carbocycles. The van der Waals surface area contributed by atoms with Crippen molar-refractivity contribution in [1.82, 2.24) is 10.2 Å². The molecule has 0 saturated carbocycles. The highest BCUT2D eigenvalue weighted by molar-refractivity contribution is 5.99. The van der Waals surface area contributed by atoms with E-state index in [4.69, 9.17) is 0 Å². The Kier molecular flexibility index (Phi) is 9.64. The summed E-state index contributed by atoms with van der Waals surface area (Å²) in [5, 5.41) is 3.22. The topological polar surface area (TPSA) is 52.7 Å². The van der Waals surface area contributed by atoms with Gasteiger partial charge in [0.2, 0.25) is 5.91 Å². The second kappa shape index (κ2) is 13.0. The van der Waals surface area contributed by atoms with Crippen LogP contribution in [0.25, 0.3) is 0 Å². The van der Waals surface area contributed by atoms with E-state index in [9.17, 15) is 14.0 Å². The Morgan fingerprint density at radius 2 is 1.68 bits per heavy atom. The molecule has 0 aliphatic carbocycles. The van der Waals surface area contributed by atoms with E-state index in [0.717, 1.165) is 49.3 Å². The number of likely N-dealkylation sites (tertiary alicyclic amines) is 1. The molecular formula is C33H39ClFN3O2. The number of carbonyl (C=O) groups is 2. The fraction of sp³-hybridized carbons (Fsp3) is 0.394. The number of amides is 2. The molecule has 212 valence electrons. The number of carbonyl (C=O) groups excluding carboxylic acids is 2. The van der Waals surface area contributed by atoms with Gasteiger partial charge in [0.1, 0.15) is 5.82 Å². The number of halogens is 2. The summed E-state index contributed by atoms with van der Waals surface area (Å²) in [6, 6.07) is 21.2. The number of hydrogen-bond acceptors (Lipinski definition) is 3. The van der Waals surface area contributed by atoms with Gasteiger partial charge in [-0.15, -0.1) is 12.4 Å². The standard InChI is InChI=1S/C33H38FN3O2.ClH/c1-22-16-28(32(38)35-29-13-14-36(21-29)19-25-9-5-4-6-10-25)17-23(2)31(22)37-20-26(15-24(3)33(37)39)18-27-11-7-8-12-30(27)34;/h4-12,16-17,24,26,29H,13-15,18-21H2,1-3H3,(H,35,38);1H/t24-,26-,29?;/m1./s1. The highest BCUT2D eigenvalue weighted by Crippen LogP contribution is 2.34. The number of benzene rings is 3. The molecule has 2 heterocycles.